The molecule has 21 heavy (non-hydrogen) atoms. The molecule has 2 rings (SSSR count). The Hall–Kier alpha value is -1.65. The number of hydrogen-bond donors (Lipinski definition) is 2. The van der Waals surface area contributed by atoms with Crippen LogP contribution in [0.4, 0.5) is 26.3 Å². The molecule has 0 aliphatic carbocycles. The first kappa shape index (κ1) is 17.4. The first-order valence-electron chi connectivity index (χ1n) is 5.00. The Kier molecular flexibility index (Phi) is 5.70. The molecule has 0 heterocycles. The summed E-state index contributed by atoms with van der Waals surface area (Å²) in [6, 6.07) is 1.52. The lowest BCUT2D eigenvalue weighted by atomic mass is 10.3. The van der Waals surface area contributed by atoms with Gasteiger partial charge in [-0.3, -0.25) is 0 Å². The minimum absolute atomic E-state index is 0.318. The van der Waals surface area contributed by atoms with Crippen molar-refractivity contribution in [1.29, 1.82) is 0 Å². The summed E-state index contributed by atoms with van der Waals surface area (Å²) in [5, 5.41) is 17.2. The number of hydrogen-bond acceptors (Lipinski definition) is 2. The highest BCUT2D eigenvalue weighted by atomic mass is 127. The van der Waals surface area contributed by atoms with Crippen molar-refractivity contribution in [2.45, 2.75) is 0 Å². The number of phenols is 2. The lowest BCUT2D eigenvalue weighted by Crippen LogP contribution is -1.93. The van der Waals surface area contributed by atoms with E-state index in [1.165, 1.54) is 22.6 Å². The van der Waals surface area contributed by atoms with Gasteiger partial charge < -0.3 is 10.2 Å². The van der Waals surface area contributed by atoms with Crippen molar-refractivity contribution in [2.24, 2.45) is 0 Å². The summed E-state index contributed by atoms with van der Waals surface area (Å²) in [7, 11) is 0. The van der Waals surface area contributed by atoms with Crippen LogP contribution in [0.1, 0.15) is 0 Å². The molecule has 0 aliphatic heterocycles. The molecule has 0 saturated heterocycles. The Morgan fingerprint density at radius 3 is 1.57 bits per heavy atom. The molecule has 2 aromatic carbocycles. The minimum Gasteiger partial charge on any atom is -0.508 e. The van der Waals surface area contributed by atoms with Crippen LogP contribution in [0.25, 0.3) is 0 Å². The van der Waals surface area contributed by atoms with Crippen LogP contribution in [-0.4, -0.2) is 10.2 Å². The average Bonchev–Trinajstić information content (AvgIpc) is 2.41. The van der Waals surface area contributed by atoms with Gasteiger partial charge in [0.1, 0.15) is 11.5 Å². The normalized spacial score (nSPS) is 10.0. The van der Waals surface area contributed by atoms with Crippen LogP contribution >= 0.6 is 22.6 Å². The molecule has 0 saturated carbocycles. The fourth-order valence-electron chi connectivity index (χ4n) is 1.10. The molecule has 0 unspecified atom stereocenters. The van der Waals surface area contributed by atoms with Crippen LogP contribution in [0.2, 0.25) is 0 Å². The Morgan fingerprint density at radius 2 is 1.10 bits per heavy atom. The monoisotopic (exact) mass is 422 g/mol. The van der Waals surface area contributed by atoms with Crippen LogP contribution in [0.15, 0.2) is 18.2 Å². The van der Waals surface area contributed by atoms with Crippen LogP contribution in [0, 0.1) is 38.5 Å². The van der Waals surface area contributed by atoms with Crippen LogP contribution < -0.4 is 0 Å². The van der Waals surface area contributed by atoms with Crippen molar-refractivity contribution in [3.8, 4) is 11.5 Å². The van der Waals surface area contributed by atoms with E-state index in [1.807, 2.05) is 0 Å². The summed E-state index contributed by atoms with van der Waals surface area (Å²) in [6.45, 7) is 0. The topological polar surface area (TPSA) is 40.5 Å². The van der Waals surface area contributed by atoms with E-state index in [4.69, 9.17) is 10.2 Å². The lowest BCUT2D eigenvalue weighted by molar-refractivity contribution is 0.413. The molecule has 0 bridgehead atoms. The van der Waals surface area contributed by atoms with E-state index < -0.39 is 46.4 Å². The van der Waals surface area contributed by atoms with E-state index in [2.05, 4.69) is 0 Å². The Bertz CT molecular complexity index is 628. The summed E-state index contributed by atoms with van der Waals surface area (Å²) >= 11 is 1.38. The van der Waals surface area contributed by atoms with Crippen LogP contribution in [-0.2, 0) is 0 Å². The molecule has 2 aromatic rings. The highest BCUT2D eigenvalue weighted by Crippen LogP contribution is 2.26. The average molecular weight is 422 g/mol. The molecule has 0 radical (unpaired) electrons. The van der Waals surface area contributed by atoms with Gasteiger partial charge in [-0.25, -0.2) is 26.3 Å². The smallest absolute Gasteiger partial charge is 0.195 e. The molecule has 2 nitrogen and oxygen atoms in total. The number of phenolic OH excluding ortho intramolecular Hbond substituents is 2. The first-order valence-corrected chi connectivity index (χ1v) is 6.08. The Balaban J connectivity index is 0.000000211. The highest BCUT2D eigenvalue weighted by Gasteiger charge is 2.15. The Morgan fingerprint density at radius 1 is 0.667 bits per heavy atom. The minimum atomic E-state index is -1.57. The van der Waals surface area contributed by atoms with E-state index in [9.17, 15) is 26.3 Å². The number of halogens is 7. The summed E-state index contributed by atoms with van der Waals surface area (Å²) in [5.41, 5.74) is 0. The molecular weight excluding hydrogens is 417 g/mol. The molecule has 0 aromatic heterocycles. The fraction of sp³-hybridized carbons (Fsp3) is 0. The van der Waals surface area contributed by atoms with Gasteiger partial charge in [-0.05, 0) is 22.6 Å². The van der Waals surface area contributed by atoms with Gasteiger partial charge in [0.05, 0.1) is 3.57 Å². The third kappa shape index (κ3) is 4.16. The van der Waals surface area contributed by atoms with Crippen molar-refractivity contribution >= 4 is 22.6 Å². The second-order valence-electron chi connectivity index (χ2n) is 3.54. The van der Waals surface area contributed by atoms with Crippen molar-refractivity contribution in [2.75, 3.05) is 0 Å². The molecular formula is C12H5F6IO2. The SMILES string of the molecule is Oc1cc(F)c(F)c(F)c1.Oc1cc(F)c(F)c(F)c1I. The summed E-state index contributed by atoms with van der Waals surface area (Å²) in [4.78, 5) is 0. The molecule has 2 N–H and O–H groups in total. The van der Waals surface area contributed by atoms with Gasteiger partial charge in [-0.2, -0.15) is 0 Å². The van der Waals surface area contributed by atoms with Gasteiger partial charge in [-0.15, -0.1) is 0 Å². The van der Waals surface area contributed by atoms with Gasteiger partial charge in [0.15, 0.2) is 34.9 Å². The molecule has 0 amide bonds. The van der Waals surface area contributed by atoms with Crippen LogP contribution in [0.5, 0.6) is 11.5 Å². The third-order valence-electron chi connectivity index (χ3n) is 2.05. The summed E-state index contributed by atoms with van der Waals surface area (Å²) < 4.78 is 72.9. The quantitative estimate of drug-likeness (QED) is 0.289. The zero-order valence-electron chi connectivity index (χ0n) is 9.77. The van der Waals surface area contributed by atoms with E-state index >= 15 is 0 Å². The molecule has 114 valence electrons. The molecule has 0 spiro atoms. The molecule has 0 aliphatic rings. The maximum absolute atomic E-state index is 12.5. The van der Waals surface area contributed by atoms with E-state index in [0.717, 1.165) is 0 Å². The number of rotatable bonds is 0. The predicted molar refractivity (Wildman–Crippen MR) is 68.7 cm³/mol. The van der Waals surface area contributed by atoms with Gasteiger partial charge in [0, 0.05) is 18.2 Å². The molecule has 9 heteroatoms. The maximum atomic E-state index is 12.5. The van der Waals surface area contributed by atoms with Crippen molar-refractivity contribution < 1.29 is 36.6 Å². The second kappa shape index (κ2) is 6.87. The van der Waals surface area contributed by atoms with E-state index in [1.54, 1.807) is 0 Å². The highest BCUT2D eigenvalue weighted by molar-refractivity contribution is 14.1. The van der Waals surface area contributed by atoms with Crippen molar-refractivity contribution in [3.05, 3.63) is 56.7 Å². The standard InChI is InChI=1S/C6H2F3IO.C6H3F3O/c7-2-1-3(11)6(10)5(9)4(2)8;7-4-1-3(10)2-5(8)6(4)9/h1,11H;1-2,10H. The fourth-order valence-corrected chi connectivity index (χ4v) is 1.50. The van der Waals surface area contributed by atoms with Crippen LogP contribution in [0.3, 0.4) is 0 Å². The van der Waals surface area contributed by atoms with Crippen molar-refractivity contribution in [3.63, 3.8) is 0 Å². The van der Waals surface area contributed by atoms with Crippen molar-refractivity contribution in [1.82, 2.24) is 0 Å². The van der Waals surface area contributed by atoms with Gasteiger partial charge in [-0.1, -0.05) is 0 Å². The zero-order chi connectivity index (χ0) is 16.3. The van der Waals surface area contributed by atoms with Gasteiger partial charge >= 0.3 is 0 Å². The molecule has 0 atom stereocenters. The Labute approximate surface area is 127 Å². The molecule has 0 fully saturated rings. The zero-order valence-corrected chi connectivity index (χ0v) is 11.9. The first-order chi connectivity index (χ1) is 9.65. The van der Waals surface area contributed by atoms with E-state index in [-0.39, 0.29) is 3.57 Å². The summed E-state index contributed by atoms with van der Waals surface area (Å²) in [5.74, 6) is -9.89. The second-order valence-corrected chi connectivity index (χ2v) is 4.62. The van der Waals surface area contributed by atoms with Gasteiger partial charge in [0.25, 0.3) is 0 Å². The number of benzene rings is 2. The lowest BCUT2D eigenvalue weighted by Gasteiger charge is -1.99. The third-order valence-corrected chi connectivity index (χ3v) is 3.08. The number of aromatic hydroxyl groups is 2. The summed E-state index contributed by atoms with van der Waals surface area (Å²) in [6.07, 6.45) is 0. The predicted octanol–water partition coefficient (Wildman–Crippen LogP) is 4.22. The van der Waals surface area contributed by atoms with E-state index in [0.29, 0.717) is 18.2 Å². The largest absolute Gasteiger partial charge is 0.508 e. The van der Waals surface area contributed by atoms with Gasteiger partial charge in [0.2, 0.25) is 0 Å². The maximum Gasteiger partial charge on any atom is 0.195 e.